The summed E-state index contributed by atoms with van der Waals surface area (Å²) in [5.74, 6) is -0.449. The first-order valence-corrected chi connectivity index (χ1v) is 11.4. The summed E-state index contributed by atoms with van der Waals surface area (Å²) >= 11 is 0. The molecule has 1 saturated heterocycles. The second-order valence-electron chi connectivity index (χ2n) is 8.82. The minimum Gasteiger partial charge on any atom is -0.465 e. The second-order valence-corrected chi connectivity index (χ2v) is 8.82. The van der Waals surface area contributed by atoms with Gasteiger partial charge in [0.05, 0.1) is 6.04 Å². The molecule has 1 aromatic carbocycles. The van der Waals surface area contributed by atoms with Gasteiger partial charge in [0.15, 0.2) is 0 Å². The molecule has 0 radical (unpaired) electrons. The van der Waals surface area contributed by atoms with Crippen molar-refractivity contribution in [3.05, 3.63) is 66.0 Å². The van der Waals surface area contributed by atoms with Gasteiger partial charge in [-0.15, -0.1) is 0 Å². The van der Waals surface area contributed by atoms with Crippen LogP contribution in [0, 0.1) is 5.92 Å². The van der Waals surface area contributed by atoms with Gasteiger partial charge in [-0.3, -0.25) is 14.6 Å². The molecule has 0 spiro atoms. The molecule has 0 saturated carbocycles. The van der Waals surface area contributed by atoms with Crippen LogP contribution in [0.25, 0.3) is 0 Å². The molecule has 0 unspecified atom stereocenters. The highest BCUT2D eigenvalue weighted by Gasteiger charge is 2.38. The van der Waals surface area contributed by atoms with Crippen LogP contribution in [0.1, 0.15) is 50.4 Å². The van der Waals surface area contributed by atoms with Gasteiger partial charge in [-0.1, -0.05) is 50.2 Å². The molecule has 33 heavy (non-hydrogen) atoms. The third-order valence-corrected chi connectivity index (χ3v) is 5.80. The van der Waals surface area contributed by atoms with Crippen LogP contribution in [-0.4, -0.2) is 51.5 Å². The van der Waals surface area contributed by atoms with E-state index in [9.17, 15) is 19.5 Å². The van der Waals surface area contributed by atoms with Gasteiger partial charge in [0.2, 0.25) is 11.8 Å². The van der Waals surface area contributed by atoms with E-state index in [1.807, 2.05) is 62.4 Å². The molecule has 3 amide bonds. The molecule has 8 nitrogen and oxygen atoms in total. The summed E-state index contributed by atoms with van der Waals surface area (Å²) in [6.45, 7) is 4.29. The van der Waals surface area contributed by atoms with Gasteiger partial charge in [-0.05, 0) is 42.9 Å². The molecule has 3 N–H and O–H groups in total. The highest BCUT2D eigenvalue weighted by molar-refractivity contribution is 5.91. The van der Waals surface area contributed by atoms with E-state index in [1.165, 1.54) is 4.90 Å². The number of hydrogen-bond acceptors (Lipinski definition) is 4. The standard InChI is InChI=1S/C25H32N4O4/c1-17(2)15-21(28-25(32)33)24(31)29-14-8-12-22(29)23(30)27-20(18-9-4-3-5-10-18)16-19-11-6-7-13-26-19/h3-7,9-11,13,17,20-22,28H,8,12,14-16H2,1-2H3,(H,27,30)(H,32,33)/t20-,21-,22-/m0/s1. The summed E-state index contributed by atoms with van der Waals surface area (Å²) in [6.07, 6.45) is 2.62. The number of aromatic nitrogens is 1. The zero-order valence-electron chi connectivity index (χ0n) is 19.1. The van der Waals surface area contributed by atoms with Crippen LogP contribution >= 0.6 is 0 Å². The Balaban J connectivity index is 1.76. The molecule has 8 heteroatoms. The lowest BCUT2D eigenvalue weighted by molar-refractivity contribution is -0.140. The molecule has 2 aromatic rings. The van der Waals surface area contributed by atoms with Crippen molar-refractivity contribution in [3.63, 3.8) is 0 Å². The van der Waals surface area contributed by atoms with Gasteiger partial charge in [-0.25, -0.2) is 4.79 Å². The van der Waals surface area contributed by atoms with Crippen molar-refractivity contribution in [1.29, 1.82) is 0 Å². The van der Waals surface area contributed by atoms with E-state index < -0.39 is 18.2 Å². The quantitative estimate of drug-likeness (QED) is 0.541. The molecule has 3 atom stereocenters. The molecule has 1 aliphatic heterocycles. The van der Waals surface area contributed by atoms with Crippen LogP contribution in [0.2, 0.25) is 0 Å². The van der Waals surface area contributed by atoms with Crippen LogP contribution in [0.15, 0.2) is 54.7 Å². The third kappa shape index (κ3) is 6.78. The Morgan fingerprint density at radius 1 is 1.09 bits per heavy atom. The Morgan fingerprint density at radius 3 is 2.45 bits per heavy atom. The predicted molar refractivity (Wildman–Crippen MR) is 124 cm³/mol. The van der Waals surface area contributed by atoms with E-state index in [1.54, 1.807) is 6.20 Å². The number of likely N-dealkylation sites (tertiary alicyclic amines) is 1. The molecule has 1 aliphatic rings. The fourth-order valence-electron chi connectivity index (χ4n) is 4.28. The molecule has 0 bridgehead atoms. The molecular weight excluding hydrogens is 420 g/mol. The lowest BCUT2D eigenvalue weighted by Crippen LogP contribution is -2.54. The molecule has 0 aliphatic carbocycles. The van der Waals surface area contributed by atoms with Gasteiger partial charge >= 0.3 is 6.09 Å². The first-order valence-electron chi connectivity index (χ1n) is 11.4. The number of benzene rings is 1. The zero-order chi connectivity index (χ0) is 23.8. The highest BCUT2D eigenvalue weighted by atomic mass is 16.4. The maximum atomic E-state index is 13.3. The number of nitrogens with zero attached hydrogens (tertiary/aromatic N) is 2. The molecule has 1 aromatic heterocycles. The van der Waals surface area contributed by atoms with E-state index in [4.69, 9.17) is 0 Å². The van der Waals surface area contributed by atoms with Gasteiger partial charge in [0.1, 0.15) is 12.1 Å². The smallest absolute Gasteiger partial charge is 0.405 e. The van der Waals surface area contributed by atoms with Crippen molar-refractivity contribution in [2.75, 3.05) is 6.54 Å². The third-order valence-electron chi connectivity index (χ3n) is 5.80. The van der Waals surface area contributed by atoms with E-state index in [0.717, 1.165) is 11.3 Å². The maximum absolute atomic E-state index is 13.3. The van der Waals surface area contributed by atoms with Gasteiger partial charge in [0, 0.05) is 24.9 Å². The Kier molecular flexibility index (Phi) is 8.40. The predicted octanol–water partition coefficient (Wildman–Crippen LogP) is 3.15. The molecule has 176 valence electrons. The zero-order valence-corrected chi connectivity index (χ0v) is 19.1. The number of rotatable bonds is 9. The van der Waals surface area contributed by atoms with E-state index >= 15 is 0 Å². The maximum Gasteiger partial charge on any atom is 0.405 e. The largest absolute Gasteiger partial charge is 0.465 e. The van der Waals surface area contributed by atoms with Crippen LogP contribution in [0.3, 0.4) is 0 Å². The first-order chi connectivity index (χ1) is 15.8. The summed E-state index contributed by atoms with van der Waals surface area (Å²) in [5.41, 5.74) is 1.81. The molecule has 1 fully saturated rings. The minimum absolute atomic E-state index is 0.126. The van der Waals surface area contributed by atoms with E-state index in [2.05, 4.69) is 15.6 Å². The van der Waals surface area contributed by atoms with Crippen LogP contribution in [0.4, 0.5) is 4.79 Å². The van der Waals surface area contributed by atoms with Gasteiger partial charge < -0.3 is 20.6 Å². The second kappa shape index (κ2) is 11.4. The Labute approximate surface area is 194 Å². The number of carboxylic acid groups (broad SMARTS) is 1. The summed E-state index contributed by atoms with van der Waals surface area (Å²) in [7, 11) is 0. The Morgan fingerprint density at radius 2 is 1.82 bits per heavy atom. The van der Waals surface area contributed by atoms with Crippen LogP contribution in [-0.2, 0) is 16.0 Å². The van der Waals surface area contributed by atoms with Gasteiger partial charge in [0.25, 0.3) is 0 Å². The SMILES string of the molecule is CC(C)C[C@H](NC(=O)O)C(=O)N1CCC[C@H]1C(=O)N[C@@H](Cc1ccccn1)c1ccccc1. The summed E-state index contributed by atoms with van der Waals surface area (Å²) in [5, 5.41) is 14.6. The monoisotopic (exact) mass is 452 g/mol. The fourth-order valence-corrected chi connectivity index (χ4v) is 4.28. The first kappa shape index (κ1) is 24.2. The highest BCUT2D eigenvalue weighted by Crippen LogP contribution is 2.23. The Bertz CT molecular complexity index is 936. The number of carbonyl (C=O) groups excluding carboxylic acids is 2. The van der Waals surface area contributed by atoms with E-state index in [-0.39, 0.29) is 23.8 Å². The minimum atomic E-state index is -1.24. The number of nitrogens with one attached hydrogen (secondary N) is 2. The average Bonchev–Trinajstić information content (AvgIpc) is 3.28. The number of carbonyl (C=O) groups is 3. The van der Waals surface area contributed by atoms with Crippen molar-refractivity contribution in [2.45, 2.75) is 57.7 Å². The summed E-state index contributed by atoms with van der Waals surface area (Å²) in [4.78, 5) is 43.7. The lowest BCUT2D eigenvalue weighted by atomic mass is 10.0. The van der Waals surface area contributed by atoms with Crippen molar-refractivity contribution >= 4 is 17.9 Å². The van der Waals surface area contributed by atoms with Crippen LogP contribution < -0.4 is 10.6 Å². The van der Waals surface area contributed by atoms with Crippen molar-refractivity contribution < 1.29 is 19.5 Å². The van der Waals surface area contributed by atoms with Crippen molar-refractivity contribution in [2.24, 2.45) is 5.92 Å². The molecule has 3 rings (SSSR count). The molecular formula is C25H32N4O4. The Hall–Kier alpha value is -3.42. The fraction of sp³-hybridized carbons (Fsp3) is 0.440. The summed E-state index contributed by atoms with van der Waals surface area (Å²) in [6, 6.07) is 13.6. The average molecular weight is 453 g/mol. The topological polar surface area (TPSA) is 112 Å². The summed E-state index contributed by atoms with van der Waals surface area (Å²) < 4.78 is 0. The number of amides is 3. The van der Waals surface area contributed by atoms with Gasteiger partial charge in [-0.2, -0.15) is 0 Å². The lowest BCUT2D eigenvalue weighted by Gasteiger charge is -2.30. The number of hydrogen-bond donors (Lipinski definition) is 3. The number of pyridine rings is 1. The molecule has 2 heterocycles. The normalized spacial score (nSPS) is 17.4. The van der Waals surface area contributed by atoms with Crippen LogP contribution in [0.5, 0.6) is 0 Å². The van der Waals surface area contributed by atoms with Crippen molar-refractivity contribution in [1.82, 2.24) is 20.5 Å². The van der Waals surface area contributed by atoms with Crippen molar-refractivity contribution in [3.8, 4) is 0 Å². The van der Waals surface area contributed by atoms with E-state index in [0.29, 0.717) is 32.2 Å².